The predicted molar refractivity (Wildman–Crippen MR) is 101 cm³/mol. The molecule has 0 radical (unpaired) electrons. The average Bonchev–Trinajstić information content (AvgIpc) is 2.63. The van der Waals surface area contributed by atoms with E-state index in [4.69, 9.17) is 9.47 Å². The van der Waals surface area contributed by atoms with Crippen LogP contribution in [0.15, 0.2) is 77.7 Å². The first kappa shape index (κ1) is 17.8. The van der Waals surface area contributed by atoms with Crippen LogP contribution < -0.4 is 14.2 Å². The zero-order valence-corrected chi connectivity index (χ0v) is 15.3. The van der Waals surface area contributed by atoms with E-state index >= 15 is 0 Å². The first-order chi connectivity index (χ1) is 12.5. The molecule has 0 amide bonds. The maximum Gasteiger partial charge on any atom is 0.262 e. The van der Waals surface area contributed by atoms with E-state index in [0.29, 0.717) is 22.7 Å². The Balaban J connectivity index is 1.76. The molecule has 0 fully saturated rings. The number of para-hydroxylation sites is 1. The number of methoxy groups -OCH3 is 1. The summed E-state index contributed by atoms with van der Waals surface area (Å²) >= 11 is 0. The normalized spacial score (nSPS) is 11.0. The lowest BCUT2D eigenvalue weighted by atomic mass is 10.2. The summed E-state index contributed by atoms with van der Waals surface area (Å²) in [7, 11) is -2.15. The molecule has 0 aliphatic heterocycles. The maximum absolute atomic E-state index is 12.6. The Kier molecular flexibility index (Phi) is 5.14. The first-order valence-electron chi connectivity index (χ1n) is 7.98. The highest BCUT2D eigenvalue weighted by Crippen LogP contribution is 2.26. The molecule has 3 aromatic carbocycles. The number of sulfonamides is 1. The lowest BCUT2D eigenvalue weighted by Gasteiger charge is -2.12. The topological polar surface area (TPSA) is 64.6 Å². The molecule has 0 unspecified atom stereocenters. The SMILES string of the molecule is COc1ccc(S(=O)(=O)Nc2ccc(Oc3ccccc3)cc2)c(C)c1. The monoisotopic (exact) mass is 369 g/mol. The third-order valence-electron chi connectivity index (χ3n) is 3.76. The van der Waals surface area contributed by atoms with Crippen molar-refractivity contribution in [1.82, 2.24) is 0 Å². The molecule has 0 saturated carbocycles. The quantitative estimate of drug-likeness (QED) is 0.690. The number of hydrogen-bond acceptors (Lipinski definition) is 4. The minimum atomic E-state index is -3.69. The van der Waals surface area contributed by atoms with Crippen molar-refractivity contribution >= 4 is 15.7 Å². The molecule has 0 aliphatic rings. The zero-order chi connectivity index (χ0) is 18.6. The summed E-state index contributed by atoms with van der Waals surface area (Å²) < 4.78 is 38.6. The first-order valence-corrected chi connectivity index (χ1v) is 9.47. The zero-order valence-electron chi connectivity index (χ0n) is 14.5. The van der Waals surface area contributed by atoms with Crippen LogP contribution in [0.3, 0.4) is 0 Å². The van der Waals surface area contributed by atoms with Crippen LogP contribution in [0.25, 0.3) is 0 Å². The van der Waals surface area contributed by atoms with Gasteiger partial charge in [0, 0.05) is 5.69 Å². The van der Waals surface area contributed by atoms with Gasteiger partial charge in [0.1, 0.15) is 17.2 Å². The fraction of sp³-hybridized carbons (Fsp3) is 0.100. The fourth-order valence-electron chi connectivity index (χ4n) is 2.48. The molecule has 26 heavy (non-hydrogen) atoms. The second kappa shape index (κ2) is 7.49. The van der Waals surface area contributed by atoms with Crippen LogP contribution in [0.2, 0.25) is 0 Å². The molecular formula is C20H19NO4S. The van der Waals surface area contributed by atoms with Gasteiger partial charge < -0.3 is 9.47 Å². The van der Waals surface area contributed by atoms with Gasteiger partial charge in [0.25, 0.3) is 10.0 Å². The highest BCUT2D eigenvalue weighted by molar-refractivity contribution is 7.92. The largest absolute Gasteiger partial charge is 0.497 e. The van der Waals surface area contributed by atoms with E-state index in [1.165, 1.54) is 6.07 Å². The van der Waals surface area contributed by atoms with Gasteiger partial charge in [-0.15, -0.1) is 0 Å². The van der Waals surface area contributed by atoms with Gasteiger partial charge in [-0.25, -0.2) is 8.42 Å². The summed E-state index contributed by atoms with van der Waals surface area (Å²) in [6.07, 6.45) is 0. The molecule has 3 aromatic rings. The molecule has 0 atom stereocenters. The van der Waals surface area contributed by atoms with E-state index in [2.05, 4.69) is 4.72 Å². The highest BCUT2D eigenvalue weighted by atomic mass is 32.2. The number of hydrogen-bond donors (Lipinski definition) is 1. The smallest absolute Gasteiger partial charge is 0.262 e. The maximum atomic E-state index is 12.6. The van der Waals surface area contributed by atoms with E-state index in [1.54, 1.807) is 50.4 Å². The summed E-state index contributed by atoms with van der Waals surface area (Å²) in [4.78, 5) is 0.211. The van der Waals surface area contributed by atoms with Gasteiger partial charge in [-0.2, -0.15) is 0 Å². The molecule has 0 saturated heterocycles. The number of rotatable bonds is 6. The third kappa shape index (κ3) is 4.15. The Morgan fingerprint density at radius 2 is 1.42 bits per heavy atom. The van der Waals surface area contributed by atoms with Crippen LogP contribution >= 0.6 is 0 Å². The van der Waals surface area contributed by atoms with Gasteiger partial charge >= 0.3 is 0 Å². The van der Waals surface area contributed by atoms with Gasteiger partial charge in [-0.05, 0) is 67.1 Å². The molecule has 3 rings (SSSR count). The number of benzene rings is 3. The Morgan fingerprint density at radius 1 is 0.808 bits per heavy atom. The van der Waals surface area contributed by atoms with Crippen LogP contribution in [0.4, 0.5) is 5.69 Å². The van der Waals surface area contributed by atoms with Crippen molar-refractivity contribution in [2.24, 2.45) is 0 Å². The minimum Gasteiger partial charge on any atom is -0.497 e. The summed E-state index contributed by atoms with van der Waals surface area (Å²) in [5.74, 6) is 1.96. The number of ether oxygens (including phenoxy) is 2. The molecule has 0 heterocycles. The summed E-state index contributed by atoms with van der Waals surface area (Å²) in [5, 5.41) is 0. The molecule has 0 aromatic heterocycles. The van der Waals surface area contributed by atoms with Crippen molar-refractivity contribution < 1.29 is 17.9 Å². The van der Waals surface area contributed by atoms with Crippen molar-refractivity contribution in [3.05, 3.63) is 78.4 Å². The molecule has 0 bridgehead atoms. The molecule has 0 spiro atoms. The molecule has 0 aliphatic carbocycles. The Hall–Kier alpha value is -2.99. The standard InChI is InChI=1S/C20H19NO4S/c1-15-14-19(24-2)12-13-20(15)26(22,23)21-16-8-10-18(11-9-16)25-17-6-4-3-5-7-17/h3-14,21H,1-2H3. The van der Waals surface area contributed by atoms with E-state index in [9.17, 15) is 8.42 Å². The molecule has 5 nitrogen and oxygen atoms in total. The van der Waals surface area contributed by atoms with Crippen LogP contribution in [0, 0.1) is 6.92 Å². The molecule has 134 valence electrons. The summed E-state index contributed by atoms with van der Waals surface area (Å²) in [6, 6.07) is 21.0. The van der Waals surface area contributed by atoms with Gasteiger partial charge in [0.05, 0.1) is 12.0 Å². The number of aryl methyl sites for hydroxylation is 1. The fourth-order valence-corrected chi connectivity index (χ4v) is 3.76. The predicted octanol–water partition coefficient (Wildman–Crippen LogP) is 4.60. The van der Waals surface area contributed by atoms with Crippen molar-refractivity contribution in [2.75, 3.05) is 11.8 Å². The lowest BCUT2D eigenvalue weighted by Crippen LogP contribution is -2.14. The van der Waals surface area contributed by atoms with Crippen LogP contribution in [0.5, 0.6) is 17.2 Å². The van der Waals surface area contributed by atoms with Crippen LogP contribution in [0.1, 0.15) is 5.56 Å². The van der Waals surface area contributed by atoms with Crippen molar-refractivity contribution in [3.8, 4) is 17.2 Å². The van der Waals surface area contributed by atoms with Crippen molar-refractivity contribution in [2.45, 2.75) is 11.8 Å². The Labute approximate surface area is 153 Å². The van der Waals surface area contributed by atoms with E-state index < -0.39 is 10.0 Å². The average molecular weight is 369 g/mol. The second-order valence-corrected chi connectivity index (χ2v) is 7.33. The molecule has 6 heteroatoms. The highest BCUT2D eigenvalue weighted by Gasteiger charge is 2.17. The lowest BCUT2D eigenvalue weighted by molar-refractivity contribution is 0.414. The van der Waals surface area contributed by atoms with Crippen molar-refractivity contribution in [3.63, 3.8) is 0 Å². The Bertz CT molecular complexity index is 984. The van der Waals surface area contributed by atoms with E-state index in [-0.39, 0.29) is 4.90 Å². The number of nitrogens with one attached hydrogen (secondary N) is 1. The molecular weight excluding hydrogens is 350 g/mol. The second-order valence-electron chi connectivity index (χ2n) is 5.68. The van der Waals surface area contributed by atoms with E-state index in [1.807, 2.05) is 30.3 Å². The van der Waals surface area contributed by atoms with Crippen LogP contribution in [-0.2, 0) is 10.0 Å². The van der Waals surface area contributed by atoms with Gasteiger partial charge in [-0.3, -0.25) is 4.72 Å². The van der Waals surface area contributed by atoms with Crippen LogP contribution in [-0.4, -0.2) is 15.5 Å². The molecule has 1 N–H and O–H groups in total. The third-order valence-corrected chi connectivity index (χ3v) is 5.30. The summed E-state index contributed by atoms with van der Waals surface area (Å²) in [5.41, 5.74) is 1.07. The summed E-state index contributed by atoms with van der Waals surface area (Å²) in [6.45, 7) is 1.73. The van der Waals surface area contributed by atoms with Gasteiger partial charge in [0.15, 0.2) is 0 Å². The van der Waals surface area contributed by atoms with Gasteiger partial charge in [-0.1, -0.05) is 18.2 Å². The van der Waals surface area contributed by atoms with Crippen molar-refractivity contribution in [1.29, 1.82) is 0 Å². The Morgan fingerprint density at radius 3 is 2.04 bits per heavy atom. The van der Waals surface area contributed by atoms with E-state index in [0.717, 1.165) is 5.75 Å². The van der Waals surface area contributed by atoms with Gasteiger partial charge in [0.2, 0.25) is 0 Å². The number of anilines is 1. The minimum absolute atomic E-state index is 0.211.